The molecule has 2 aromatic rings. The first-order valence-electron chi connectivity index (χ1n) is 10.5. The third-order valence-electron chi connectivity index (χ3n) is 5.41. The lowest BCUT2D eigenvalue weighted by Gasteiger charge is -2.32. The van der Waals surface area contributed by atoms with E-state index in [4.69, 9.17) is 4.74 Å². The number of rotatable bonds is 8. The van der Waals surface area contributed by atoms with E-state index in [9.17, 15) is 14.4 Å². The first kappa shape index (κ1) is 23.4. The average molecular weight is 413 g/mol. The minimum absolute atomic E-state index is 0.171. The van der Waals surface area contributed by atoms with Crippen LogP contribution in [0.3, 0.4) is 0 Å². The monoisotopic (exact) mass is 412 g/mol. The summed E-state index contributed by atoms with van der Waals surface area (Å²) in [5.41, 5.74) is 2.74. The number of hydrogen-bond donors (Lipinski definition) is 0. The van der Waals surface area contributed by atoms with Gasteiger partial charge in [-0.15, -0.1) is 0 Å². The molecule has 2 rings (SSSR count). The van der Waals surface area contributed by atoms with E-state index in [0.717, 1.165) is 0 Å². The molecule has 0 saturated heterocycles. The molecule has 0 saturated carbocycles. The fourth-order valence-electron chi connectivity index (χ4n) is 4.04. The molecule has 0 radical (unpaired) electrons. The summed E-state index contributed by atoms with van der Waals surface area (Å²) in [4.78, 5) is 40.8. The topological polar surface area (TPSA) is 68.6 Å². The van der Waals surface area contributed by atoms with Crippen molar-refractivity contribution in [3.8, 4) is 0 Å². The summed E-state index contributed by atoms with van der Waals surface area (Å²) in [6.45, 7) is 13.6. The van der Waals surface area contributed by atoms with Gasteiger partial charge in [-0.3, -0.25) is 9.59 Å². The van der Waals surface area contributed by atoms with Gasteiger partial charge in [0.1, 0.15) is 5.69 Å². The third kappa shape index (κ3) is 4.32. The Hall–Kier alpha value is -2.89. The van der Waals surface area contributed by atoms with E-state index in [1.807, 2.05) is 38.3 Å². The number of ketones is 1. The van der Waals surface area contributed by atoms with Gasteiger partial charge in [-0.1, -0.05) is 18.2 Å². The number of esters is 1. The van der Waals surface area contributed by atoms with E-state index < -0.39 is 12.0 Å². The highest BCUT2D eigenvalue weighted by molar-refractivity contribution is 6.07. The predicted octanol–water partition coefficient (Wildman–Crippen LogP) is 4.42. The van der Waals surface area contributed by atoms with E-state index in [-0.39, 0.29) is 24.3 Å². The number of hydrogen-bond acceptors (Lipinski definition) is 4. The lowest BCUT2D eigenvalue weighted by Crippen LogP contribution is -2.47. The number of ether oxygens (including phenoxy) is 1. The zero-order valence-electron chi connectivity index (χ0n) is 19.0. The SMILES string of the molecule is CCOC(=O)c1c(C)c(C(=O)C(C)N(C(=O)c2ccccc2)C(C)C)c(C)n1CC. The first-order chi connectivity index (χ1) is 14.2. The van der Waals surface area contributed by atoms with Crippen molar-refractivity contribution in [1.82, 2.24) is 9.47 Å². The van der Waals surface area contributed by atoms with Crippen molar-refractivity contribution in [3.05, 3.63) is 58.4 Å². The zero-order valence-corrected chi connectivity index (χ0v) is 19.0. The molecule has 1 atom stereocenters. The van der Waals surface area contributed by atoms with Crippen molar-refractivity contribution < 1.29 is 19.1 Å². The van der Waals surface area contributed by atoms with Gasteiger partial charge in [0, 0.05) is 29.4 Å². The molecule has 0 aliphatic heterocycles. The number of benzene rings is 1. The number of nitrogens with zero attached hydrogens (tertiary/aromatic N) is 2. The fourth-order valence-corrected chi connectivity index (χ4v) is 4.04. The summed E-state index contributed by atoms with van der Waals surface area (Å²) in [7, 11) is 0. The van der Waals surface area contributed by atoms with Crippen LogP contribution in [0.5, 0.6) is 0 Å². The van der Waals surface area contributed by atoms with E-state index in [2.05, 4.69) is 0 Å². The second-order valence-electron chi connectivity index (χ2n) is 7.61. The Morgan fingerprint density at radius 2 is 1.63 bits per heavy atom. The standard InChI is InChI=1S/C24H32N2O4/c1-8-25-17(6)20(16(5)21(25)24(29)30-9-2)22(27)18(7)26(15(3)4)23(28)19-13-11-10-12-14-19/h10-15,18H,8-9H2,1-7H3. The predicted molar refractivity (Wildman–Crippen MR) is 117 cm³/mol. The molecule has 0 N–H and O–H groups in total. The van der Waals surface area contributed by atoms with Gasteiger partial charge in [-0.25, -0.2) is 4.79 Å². The van der Waals surface area contributed by atoms with Gasteiger partial charge in [-0.05, 0) is 66.2 Å². The normalized spacial score (nSPS) is 12.0. The molecule has 1 aromatic carbocycles. The molecule has 1 amide bonds. The minimum Gasteiger partial charge on any atom is -0.461 e. The summed E-state index contributed by atoms with van der Waals surface area (Å²) in [6.07, 6.45) is 0. The van der Waals surface area contributed by atoms with Crippen LogP contribution in [-0.2, 0) is 11.3 Å². The van der Waals surface area contributed by atoms with E-state index >= 15 is 0 Å². The van der Waals surface area contributed by atoms with Crippen LogP contribution in [0.15, 0.2) is 30.3 Å². The third-order valence-corrected chi connectivity index (χ3v) is 5.41. The number of Topliss-reactive ketones (excluding diaryl/α,β-unsaturated/α-hetero) is 1. The van der Waals surface area contributed by atoms with Crippen LogP contribution in [-0.4, -0.2) is 45.8 Å². The van der Waals surface area contributed by atoms with Crippen molar-refractivity contribution in [3.63, 3.8) is 0 Å². The molecular formula is C24H32N2O4. The summed E-state index contributed by atoms with van der Waals surface area (Å²) < 4.78 is 7.02. The minimum atomic E-state index is -0.683. The van der Waals surface area contributed by atoms with Crippen LogP contribution in [0.4, 0.5) is 0 Å². The van der Waals surface area contributed by atoms with Gasteiger partial charge in [-0.2, -0.15) is 0 Å². The molecule has 0 bridgehead atoms. The average Bonchev–Trinajstić information content (AvgIpc) is 2.97. The highest BCUT2D eigenvalue weighted by Crippen LogP contribution is 2.26. The van der Waals surface area contributed by atoms with E-state index in [0.29, 0.717) is 34.6 Å². The highest BCUT2D eigenvalue weighted by atomic mass is 16.5. The van der Waals surface area contributed by atoms with Crippen molar-refractivity contribution in [2.45, 2.75) is 67.1 Å². The quantitative estimate of drug-likeness (QED) is 0.475. The van der Waals surface area contributed by atoms with Crippen LogP contribution in [0.25, 0.3) is 0 Å². The molecule has 162 valence electrons. The Bertz CT molecular complexity index is 928. The smallest absolute Gasteiger partial charge is 0.355 e. The summed E-state index contributed by atoms with van der Waals surface area (Å²) in [5.74, 6) is -0.809. The van der Waals surface area contributed by atoms with Gasteiger partial charge in [0.2, 0.25) is 0 Å². The summed E-state index contributed by atoms with van der Waals surface area (Å²) >= 11 is 0. The molecule has 30 heavy (non-hydrogen) atoms. The largest absolute Gasteiger partial charge is 0.461 e. The second kappa shape index (κ2) is 9.74. The molecule has 0 fully saturated rings. The lowest BCUT2D eigenvalue weighted by atomic mass is 9.98. The van der Waals surface area contributed by atoms with Crippen molar-refractivity contribution in [2.24, 2.45) is 0 Å². The fraction of sp³-hybridized carbons (Fsp3) is 0.458. The van der Waals surface area contributed by atoms with Crippen molar-refractivity contribution in [1.29, 1.82) is 0 Å². The van der Waals surface area contributed by atoms with E-state index in [1.165, 1.54) is 0 Å². The van der Waals surface area contributed by atoms with Gasteiger partial charge in [0.15, 0.2) is 5.78 Å². The number of carbonyl (C=O) groups excluding carboxylic acids is 3. The molecule has 0 spiro atoms. The van der Waals surface area contributed by atoms with Gasteiger partial charge in [0.05, 0.1) is 12.6 Å². The molecule has 1 unspecified atom stereocenters. The molecular weight excluding hydrogens is 380 g/mol. The Kier molecular flexibility index (Phi) is 7.59. The number of amides is 1. The molecule has 0 aliphatic rings. The van der Waals surface area contributed by atoms with Crippen molar-refractivity contribution in [2.75, 3.05) is 6.61 Å². The first-order valence-corrected chi connectivity index (χ1v) is 10.5. The Morgan fingerprint density at radius 1 is 1.03 bits per heavy atom. The highest BCUT2D eigenvalue weighted by Gasteiger charge is 2.34. The molecule has 6 heteroatoms. The van der Waals surface area contributed by atoms with Crippen LogP contribution in [0, 0.1) is 13.8 Å². The van der Waals surface area contributed by atoms with Crippen LogP contribution in [0.2, 0.25) is 0 Å². The van der Waals surface area contributed by atoms with Gasteiger partial charge < -0.3 is 14.2 Å². The zero-order chi connectivity index (χ0) is 22.6. The Balaban J connectivity index is 2.50. The summed E-state index contributed by atoms with van der Waals surface area (Å²) in [5, 5.41) is 0. The Morgan fingerprint density at radius 3 is 2.13 bits per heavy atom. The van der Waals surface area contributed by atoms with Crippen LogP contribution < -0.4 is 0 Å². The van der Waals surface area contributed by atoms with Crippen LogP contribution in [0.1, 0.15) is 77.1 Å². The summed E-state index contributed by atoms with van der Waals surface area (Å²) in [6, 6.07) is 8.10. The molecule has 1 heterocycles. The maximum absolute atomic E-state index is 13.6. The second-order valence-corrected chi connectivity index (χ2v) is 7.61. The number of carbonyl (C=O) groups is 3. The number of aromatic nitrogens is 1. The van der Waals surface area contributed by atoms with E-state index in [1.54, 1.807) is 49.9 Å². The Labute approximate surface area is 178 Å². The van der Waals surface area contributed by atoms with Gasteiger partial charge in [0.25, 0.3) is 5.91 Å². The molecule has 6 nitrogen and oxygen atoms in total. The van der Waals surface area contributed by atoms with Crippen molar-refractivity contribution >= 4 is 17.7 Å². The molecule has 1 aromatic heterocycles. The molecule has 0 aliphatic carbocycles. The van der Waals surface area contributed by atoms with Gasteiger partial charge >= 0.3 is 5.97 Å². The maximum atomic E-state index is 13.6. The lowest BCUT2D eigenvalue weighted by molar-refractivity contribution is 0.0512. The maximum Gasteiger partial charge on any atom is 0.355 e. The van der Waals surface area contributed by atoms with Crippen LogP contribution >= 0.6 is 0 Å².